The normalized spacial score (nSPS) is 16.0. The van der Waals surface area contributed by atoms with E-state index < -0.39 is 17.9 Å². The third kappa shape index (κ3) is 5.26. The van der Waals surface area contributed by atoms with Crippen LogP contribution in [0.1, 0.15) is 22.3 Å². The highest BCUT2D eigenvalue weighted by molar-refractivity contribution is 6.06. The molecule has 144 valence electrons. The predicted molar refractivity (Wildman–Crippen MR) is 99.2 cm³/mol. The molecule has 0 aliphatic carbocycles. The molecule has 28 heavy (non-hydrogen) atoms. The van der Waals surface area contributed by atoms with Crippen LogP contribution < -0.4 is 10.1 Å². The summed E-state index contributed by atoms with van der Waals surface area (Å²) in [5.41, 5.74) is 1.16. The van der Waals surface area contributed by atoms with Crippen molar-refractivity contribution >= 4 is 23.7 Å². The van der Waals surface area contributed by atoms with Crippen LogP contribution in [0.2, 0.25) is 0 Å². The highest BCUT2D eigenvalue weighted by atomic mass is 19.1. The van der Waals surface area contributed by atoms with Gasteiger partial charge in [0.2, 0.25) is 0 Å². The number of hydrogen-bond donors (Lipinski definition) is 1. The van der Waals surface area contributed by atoms with E-state index in [9.17, 15) is 18.8 Å². The van der Waals surface area contributed by atoms with E-state index in [1.54, 1.807) is 42.5 Å². The standard InChI is InChI=1S/C21H18FNO5/c22-16-6-1-14(2-7-16)3-10-19(24)15-4-8-17(9-5-15)28-13-20(25)23-18-11-12-27-21(18)26/h1-10,18H,11-13H2,(H,23,25)/b10-3+/t18-/m0/s1. The Morgan fingerprint density at radius 3 is 2.50 bits per heavy atom. The molecule has 0 saturated carbocycles. The van der Waals surface area contributed by atoms with Crippen LogP contribution in [0.5, 0.6) is 5.75 Å². The zero-order valence-electron chi connectivity index (χ0n) is 14.9. The molecule has 2 aromatic rings. The Hall–Kier alpha value is -3.48. The summed E-state index contributed by atoms with van der Waals surface area (Å²) >= 11 is 0. The summed E-state index contributed by atoms with van der Waals surface area (Å²) in [5.74, 6) is -0.997. The Morgan fingerprint density at radius 1 is 1.14 bits per heavy atom. The average Bonchev–Trinajstić information content (AvgIpc) is 3.10. The van der Waals surface area contributed by atoms with Gasteiger partial charge in [0, 0.05) is 12.0 Å². The monoisotopic (exact) mass is 383 g/mol. The number of rotatable bonds is 7. The van der Waals surface area contributed by atoms with Crippen LogP contribution in [-0.4, -0.2) is 36.9 Å². The van der Waals surface area contributed by atoms with Crippen molar-refractivity contribution in [1.82, 2.24) is 5.32 Å². The quantitative estimate of drug-likeness (QED) is 0.451. The van der Waals surface area contributed by atoms with Gasteiger partial charge in [-0.2, -0.15) is 0 Å². The second-order valence-electron chi connectivity index (χ2n) is 6.14. The van der Waals surface area contributed by atoms with Crippen molar-refractivity contribution in [3.63, 3.8) is 0 Å². The molecule has 1 aliphatic heterocycles. The van der Waals surface area contributed by atoms with Crippen molar-refractivity contribution in [2.75, 3.05) is 13.2 Å². The Morgan fingerprint density at radius 2 is 1.86 bits per heavy atom. The predicted octanol–water partition coefficient (Wildman–Crippen LogP) is 2.53. The van der Waals surface area contributed by atoms with Gasteiger partial charge < -0.3 is 14.8 Å². The largest absolute Gasteiger partial charge is 0.484 e. The minimum Gasteiger partial charge on any atom is -0.484 e. The molecule has 1 atom stereocenters. The maximum absolute atomic E-state index is 12.9. The number of carbonyl (C=O) groups is 3. The number of halogens is 1. The maximum atomic E-state index is 12.9. The fraction of sp³-hybridized carbons (Fsp3) is 0.190. The molecule has 0 unspecified atom stereocenters. The minimum absolute atomic E-state index is 0.214. The Bertz CT molecular complexity index is 890. The van der Waals surface area contributed by atoms with Crippen LogP contribution >= 0.6 is 0 Å². The van der Waals surface area contributed by atoms with Gasteiger partial charge in [-0.15, -0.1) is 0 Å². The van der Waals surface area contributed by atoms with Gasteiger partial charge in [-0.1, -0.05) is 18.2 Å². The molecule has 0 spiro atoms. The van der Waals surface area contributed by atoms with Crippen molar-refractivity contribution in [2.45, 2.75) is 12.5 Å². The first-order chi connectivity index (χ1) is 13.5. The number of esters is 1. The number of allylic oxidation sites excluding steroid dienone is 1. The second kappa shape index (κ2) is 8.94. The molecule has 1 aliphatic rings. The number of amides is 1. The average molecular weight is 383 g/mol. The fourth-order valence-corrected chi connectivity index (χ4v) is 2.57. The lowest BCUT2D eigenvalue weighted by atomic mass is 10.1. The smallest absolute Gasteiger partial charge is 0.328 e. The van der Waals surface area contributed by atoms with Crippen LogP contribution in [0, 0.1) is 5.82 Å². The molecule has 3 rings (SSSR count). The van der Waals surface area contributed by atoms with Crippen LogP contribution in [0.15, 0.2) is 54.6 Å². The van der Waals surface area contributed by atoms with Gasteiger partial charge in [0.05, 0.1) is 6.61 Å². The van der Waals surface area contributed by atoms with Crippen molar-refractivity contribution in [3.8, 4) is 5.75 Å². The lowest BCUT2D eigenvalue weighted by Gasteiger charge is -2.10. The first-order valence-corrected chi connectivity index (χ1v) is 8.68. The SMILES string of the molecule is O=C(COc1ccc(C(=O)/C=C/c2ccc(F)cc2)cc1)N[C@H]1CCOC1=O. The molecule has 1 fully saturated rings. The molecule has 1 N–H and O–H groups in total. The third-order valence-corrected chi connectivity index (χ3v) is 4.08. The summed E-state index contributed by atoms with van der Waals surface area (Å²) in [6.07, 6.45) is 3.45. The van der Waals surface area contributed by atoms with E-state index in [1.165, 1.54) is 18.2 Å². The lowest BCUT2D eigenvalue weighted by Crippen LogP contribution is -2.40. The van der Waals surface area contributed by atoms with Crippen LogP contribution in [-0.2, 0) is 14.3 Å². The lowest BCUT2D eigenvalue weighted by molar-refractivity contribution is -0.141. The van der Waals surface area contributed by atoms with E-state index in [2.05, 4.69) is 5.32 Å². The van der Waals surface area contributed by atoms with Crippen molar-refractivity contribution in [2.24, 2.45) is 0 Å². The molecule has 0 bridgehead atoms. The molecule has 0 aromatic heterocycles. The summed E-state index contributed by atoms with van der Waals surface area (Å²) < 4.78 is 23.0. The zero-order valence-corrected chi connectivity index (χ0v) is 14.9. The van der Waals surface area contributed by atoms with Gasteiger partial charge in [0.25, 0.3) is 5.91 Å². The molecular weight excluding hydrogens is 365 g/mol. The molecule has 6 nitrogen and oxygen atoms in total. The van der Waals surface area contributed by atoms with Crippen LogP contribution in [0.3, 0.4) is 0 Å². The molecule has 0 radical (unpaired) electrons. The summed E-state index contributed by atoms with van der Waals surface area (Å²) in [6.45, 7) is 0.0529. The van der Waals surface area contributed by atoms with Crippen molar-refractivity contribution in [3.05, 3.63) is 71.6 Å². The number of ketones is 1. The van der Waals surface area contributed by atoms with Crippen molar-refractivity contribution in [1.29, 1.82) is 0 Å². The molecule has 1 heterocycles. The summed E-state index contributed by atoms with van der Waals surface area (Å²) in [5, 5.41) is 2.54. The Kier molecular flexibility index (Phi) is 6.16. The molecule has 2 aromatic carbocycles. The van der Waals surface area contributed by atoms with Crippen LogP contribution in [0.4, 0.5) is 4.39 Å². The molecule has 7 heteroatoms. The minimum atomic E-state index is -0.621. The number of nitrogens with one attached hydrogen (secondary N) is 1. The van der Waals surface area contributed by atoms with Gasteiger partial charge >= 0.3 is 5.97 Å². The van der Waals surface area contributed by atoms with E-state index in [4.69, 9.17) is 9.47 Å². The number of benzene rings is 2. The van der Waals surface area contributed by atoms with E-state index in [0.29, 0.717) is 29.9 Å². The van der Waals surface area contributed by atoms with Gasteiger partial charge in [-0.25, -0.2) is 9.18 Å². The summed E-state index contributed by atoms with van der Waals surface area (Å²) in [6, 6.07) is 11.5. The van der Waals surface area contributed by atoms with E-state index in [-0.39, 0.29) is 18.2 Å². The number of ether oxygens (including phenoxy) is 2. The summed E-state index contributed by atoms with van der Waals surface area (Å²) in [4.78, 5) is 35.3. The van der Waals surface area contributed by atoms with Gasteiger partial charge in [0.1, 0.15) is 17.6 Å². The van der Waals surface area contributed by atoms with Gasteiger partial charge in [-0.05, 0) is 48.0 Å². The van der Waals surface area contributed by atoms with Gasteiger partial charge in [-0.3, -0.25) is 9.59 Å². The highest BCUT2D eigenvalue weighted by Crippen LogP contribution is 2.14. The van der Waals surface area contributed by atoms with Crippen LogP contribution in [0.25, 0.3) is 6.08 Å². The third-order valence-electron chi connectivity index (χ3n) is 4.08. The number of carbonyl (C=O) groups excluding carboxylic acids is 3. The fourth-order valence-electron chi connectivity index (χ4n) is 2.57. The molecule has 1 saturated heterocycles. The van der Waals surface area contributed by atoms with E-state index in [1.807, 2.05) is 0 Å². The molecule has 1 amide bonds. The maximum Gasteiger partial charge on any atom is 0.328 e. The summed E-state index contributed by atoms with van der Waals surface area (Å²) in [7, 11) is 0. The van der Waals surface area contributed by atoms with Gasteiger partial charge in [0.15, 0.2) is 12.4 Å². The second-order valence-corrected chi connectivity index (χ2v) is 6.14. The Balaban J connectivity index is 1.50. The first-order valence-electron chi connectivity index (χ1n) is 8.68. The number of cyclic esters (lactones) is 1. The van der Waals surface area contributed by atoms with E-state index >= 15 is 0 Å². The highest BCUT2D eigenvalue weighted by Gasteiger charge is 2.27. The first kappa shape index (κ1) is 19.3. The topological polar surface area (TPSA) is 81.7 Å². The van der Waals surface area contributed by atoms with E-state index in [0.717, 1.165) is 0 Å². The van der Waals surface area contributed by atoms with Crippen molar-refractivity contribution < 1.29 is 28.2 Å². The number of hydrogen-bond acceptors (Lipinski definition) is 5. The zero-order chi connectivity index (χ0) is 19.9. The Labute approximate surface area is 161 Å². The molecular formula is C21H18FNO5.